The molecule has 9 aromatic rings. The van der Waals surface area contributed by atoms with E-state index in [0.29, 0.717) is 0 Å². The van der Waals surface area contributed by atoms with Gasteiger partial charge in [-0.3, -0.25) is 0 Å². The van der Waals surface area contributed by atoms with Crippen molar-refractivity contribution < 1.29 is 0 Å². The van der Waals surface area contributed by atoms with E-state index in [1.165, 1.54) is 122 Å². The Kier molecular flexibility index (Phi) is 6.92. The standard InChI is InChI=1S/C61H50Si/c1-59(2)49-22-14-11-17-37(49)40-27-25-35(29-52(40)59)57-42-20-9-10-21-43(42)58(36-26-28-41-38-18-12-15-23-50(38)60(3,4)53(41)30-36)48-34-56-45(31-47(48)57)46-32-54-44(33-55(46)62(56,7)8)39-19-13-16-24-51(39)61(54,5)6/h9-34H,1-8H3. The van der Waals surface area contributed by atoms with Crippen molar-refractivity contribution in [2.24, 2.45) is 0 Å². The van der Waals surface area contributed by atoms with Crippen LogP contribution in [0.15, 0.2) is 158 Å². The highest BCUT2D eigenvalue weighted by Gasteiger charge is 2.44. The minimum atomic E-state index is -2.15. The summed E-state index contributed by atoms with van der Waals surface area (Å²) in [5, 5.41) is 8.45. The minimum Gasteiger partial charge on any atom is -0.0619 e. The molecule has 1 heteroatoms. The van der Waals surface area contributed by atoms with Crippen LogP contribution in [0.3, 0.4) is 0 Å². The van der Waals surface area contributed by atoms with E-state index in [1.807, 2.05) is 0 Å². The van der Waals surface area contributed by atoms with Gasteiger partial charge < -0.3 is 0 Å². The van der Waals surface area contributed by atoms with Gasteiger partial charge in [0.05, 0.1) is 0 Å². The largest absolute Gasteiger partial charge is 0.113 e. The van der Waals surface area contributed by atoms with E-state index in [1.54, 1.807) is 10.4 Å². The Balaban J connectivity index is 1.13. The number of fused-ring (bicyclic) bond motifs is 14. The first-order chi connectivity index (χ1) is 29.8. The smallest absolute Gasteiger partial charge is 0.0619 e. The van der Waals surface area contributed by atoms with E-state index in [2.05, 4.69) is 212 Å². The third-order valence-electron chi connectivity index (χ3n) is 16.3. The molecule has 0 aromatic heterocycles. The van der Waals surface area contributed by atoms with E-state index >= 15 is 0 Å². The fraction of sp³-hybridized carbons (Fsp3) is 0.180. The Labute approximate surface area is 367 Å². The predicted octanol–water partition coefficient (Wildman–Crippen LogP) is 15.0. The van der Waals surface area contributed by atoms with Gasteiger partial charge in [-0.05, 0) is 156 Å². The van der Waals surface area contributed by atoms with Crippen molar-refractivity contribution in [3.8, 4) is 66.8 Å². The molecule has 0 saturated carbocycles. The predicted molar refractivity (Wildman–Crippen MR) is 267 cm³/mol. The van der Waals surface area contributed by atoms with Gasteiger partial charge in [0.25, 0.3) is 0 Å². The molecule has 3 aliphatic carbocycles. The van der Waals surface area contributed by atoms with Gasteiger partial charge in [-0.1, -0.05) is 188 Å². The second kappa shape index (κ2) is 11.8. The molecule has 0 unspecified atom stereocenters. The summed E-state index contributed by atoms with van der Waals surface area (Å²) in [5.74, 6) is 0. The summed E-state index contributed by atoms with van der Waals surface area (Å²) in [6, 6.07) is 61.7. The first kappa shape index (κ1) is 36.4. The lowest BCUT2D eigenvalue weighted by Crippen LogP contribution is -2.49. The lowest BCUT2D eigenvalue weighted by molar-refractivity contribution is 0.660. The maximum Gasteiger partial charge on any atom is 0.113 e. The van der Waals surface area contributed by atoms with Crippen LogP contribution in [-0.4, -0.2) is 8.07 Å². The fourth-order valence-corrected chi connectivity index (χ4v) is 16.0. The molecule has 0 amide bonds. The van der Waals surface area contributed by atoms with E-state index in [9.17, 15) is 0 Å². The summed E-state index contributed by atoms with van der Waals surface area (Å²) < 4.78 is 0. The maximum absolute atomic E-state index is 2.67. The molecule has 0 radical (unpaired) electrons. The summed E-state index contributed by atoms with van der Waals surface area (Å²) in [4.78, 5) is 0. The molecule has 1 heterocycles. The van der Waals surface area contributed by atoms with Crippen LogP contribution in [-0.2, 0) is 16.2 Å². The first-order valence-electron chi connectivity index (χ1n) is 22.6. The Bertz CT molecular complexity index is 3510. The second-order valence-corrected chi connectivity index (χ2v) is 25.2. The Morgan fingerprint density at radius 1 is 0.290 bits per heavy atom. The summed E-state index contributed by atoms with van der Waals surface area (Å²) in [7, 11) is -2.15. The van der Waals surface area contributed by atoms with Gasteiger partial charge in [-0.2, -0.15) is 0 Å². The Morgan fingerprint density at radius 3 is 1.16 bits per heavy atom. The number of benzene rings is 9. The van der Waals surface area contributed by atoms with Gasteiger partial charge in [0, 0.05) is 16.2 Å². The van der Waals surface area contributed by atoms with E-state index < -0.39 is 8.07 Å². The van der Waals surface area contributed by atoms with Gasteiger partial charge in [0.15, 0.2) is 0 Å². The number of hydrogen-bond donors (Lipinski definition) is 0. The fourth-order valence-electron chi connectivity index (χ4n) is 12.9. The zero-order chi connectivity index (χ0) is 42.2. The maximum atomic E-state index is 2.67. The third-order valence-corrected chi connectivity index (χ3v) is 19.8. The molecule has 0 bridgehead atoms. The zero-order valence-corrected chi connectivity index (χ0v) is 38.0. The summed E-state index contributed by atoms with van der Waals surface area (Å²) in [6.07, 6.45) is 0. The second-order valence-electron chi connectivity index (χ2n) is 20.8. The van der Waals surface area contributed by atoms with Gasteiger partial charge in [0.2, 0.25) is 0 Å². The zero-order valence-electron chi connectivity index (χ0n) is 37.0. The van der Waals surface area contributed by atoms with Crippen molar-refractivity contribution in [3.63, 3.8) is 0 Å². The van der Waals surface area contributed by atoms with E-state index in [0.717, 1.165) is 0 Å². The average Bonchev–Trinajstić information content (AvgIpc) is 3.84. The van der Waals surface area contributed by atoms with Crippen LogP contribution in [0.1, 0.15) is 74.9 Å². The molecule has 0 spiro atoms. The molecule has 9 aromatic carbocycles. The topological polar surface area (TPSA) is 0 Å². The van der Waals surface area contributed by atoms with Crippen molar-refractivity contribution >= 4 is 40.0 Å². The number of rotatable bonds is 2. The van der Waals surface area contributed by atoms with Crippen LogP contribution in [0.4, 0.5) is 0 Å². The molecule has 0 N–H and O–H groups in total. The Morgan fingerprint density at radius 2 is 0.661 bits per heavy atom. The highest BCUT2D eigenvalue weighted by Crippen LogP contribution is 2.55. The van der Waals surface area contributed by atoms with Gasteiger partial charge >= 0.3 is 0 Å². The molecule has 0 atom stereocenters. The van der Waals surface area contributed by atoms with E-state index in [-0.39, 0.29) is 16.2 Å². The monoisotopic (exact) mass is 810 g/mol. The molecule has 1 aliphatic heterocycles. The van der Waals surface area contributed by atoms with Crippen molar-refractivity contribution in [2.45, 2.75) is 70.9 Å². The van der Waals surface area contributed by atoms with Crippen LogP contribution in [0.2, 0.25) is 13.1 Å². The SMILES string of the molecule is CC1(C)c2ccccc2-c2ccc(-c3c4ccccc4c(-c4ccc5c(c4)C(C)(C)c4ccccc4-5)c4cc5c(cc34)-c3cc4c(cc3[Si]5(C)C)-c3ccccc3C4(C)C)cc21. The van der Waals surface area contributed by atoms with Crippen LogP contribution in [0.5, 0.6) is 0 Å². The Hall–Kier alpha value is -6.28. The van der Waals surface area contributed by atoms with Crippen molar-refractivity contribution in [1.82, 2.24) is 0 Å². The third kappa shape index (κ3) is 4.42. The van der Waals surface area contributed by atoms with Crippen LogP contribution in [0.25, 0.3) is 88.3 Å². The summed E-state index contributed by atoms with van der Waals surface area (Å²) in [5.41, 5.74) is 24.8. The molecule has 0 saturated heterocycles. The van der Waals surface area contributed by atoms with Crippen molar-refractivity contribution in [2.75, 3.05) is 0 Å². The van der Waals surface area contributed by atoms with Crippen LogP contribution >= 0.6 is 0 Å². The van der Waals surface area contributed by atoms with Gasteiger partial charge in [-0.25, -0.2) is 0 Å². The highest BCUT2D eigenvalue weighted by molar-refractivity contribution is 7.04. The molecular formula is C61H50Si. The lowest BCUT2D eigenvalue weighted by atomic mass is 9.79. The lowest BCUT2D eigenvalue weighted by Gasteiger charge is -2.25. The molecule has 13 rings (SSSR count). The normalized spacial score (nSPS) is 16.9. The van der Waals surface area contributed by atoms with Crippen molar-refractivity contribution in [3.05, 3.63) is 191 Å². The van der Waals surface area contributed by atoms with Crippen LogP contribution < -0.4 is 10.4 Å². The van der Waals surface area contributed by atoms with E-state index in [4.69, 9.17) is 0 Å². The molecule has 298 valence electrons. The number of hydrogen-bond acceptors (Lipinski definition) is 0. The summed E-state index contributed by atoms with van der Waals surface area (Å²) in [6.45, 7) is 19.7. The first-order valence-corrected chi connectivity index (χ1v) is 25.6. The average molecular weight is 811 g/mol. The molecule has 0 nitrogen and oxygen atoms in total. The van der Waals surface area contributed by atoms with Gasteiger partial charge in [-0.15, -0.1) is 0 Å². The van der Waals surface area contributed by atoms with Gasteiger partial charge in [0.1, 0.15) is 8.07 Å². The minimum absolute atomic E-state index is 0.0589. The quantitative estimate of drug-likeness (QED) is 0.121. The highest BCUT2D eigenvalue weighted by atomic mass is 28.3. The molecular weight excluding hydrogens is 761 g/mol. The van der Waals surface area contributed by atoms with Crippen LogP contribution in [0, 0.1) is 0 Å². The van der Waals surface area contributed by atoms with Crippen molar-refractivity contribution in [1.29, 1.82) is 0 Å². The molecule has 0 fully saturated rings. The molecule has 4 aliphatic rings. The molecule has 62 heavy (non-hydrogen) atoms. The summed E-state index contributed by atoms with van der Waals surface area (Å²) >= 11 is 0.